The fourth-order valence-electron chi connectivity index (χ4n) is 4.59. The van der Waals surface area contributed by atoms with E-state index in [0.29, 0.717) is 12.1 Å². The minimum absolute atomic E-state index is 0.0134. The van der Waals surface area contributed by atoms with E-state index in [1.807, 2.05) is 0 Å². The van der Waals surface area contributed by atoms with E-state index in [1.54, 1.807) is 30.3 Å². The maximum absolute atomic E-state index is 13.4. The van der Waals surface area contributed by atoms with E-state index >= 15 is 0 Å². The van der Waals surface area contributed by atoms with Crippen molar-refractivity contribution in [2.75, 3.05) is 20.3 Å². The van der Waals surface area contributed by atoms with Crippen molar-refractivity contribution in [3.05, 3.63) is 70.8 Å². The van der Waals surface area contributed by atoms with Crippen molar-refractivity contribution < 1.29 is 45.8 Å². The number of carboxylic acid groups (broad SMARTS) is 1. The number of likely N-dealkylation sites (tertiary alicyclic amines) is 1. The maximum Gasteiger partial charge on any atom is 0.416 e. The second-order valence-electron chi connectivity index (χ2n) is 9.20. The van der Waals surface area contributed by atoms with Gasteiger partial charge in [-0.05, 0) is 49.4 Å². The second-order valence-corrected chi connectivity index (χ2v) is 9.20. The van der Waals surface area contributed by atoms with Gasteiger partial charge < -0.3 is 20.1 Å². The summed E-state index contributed by atoms with van der Waals surface area (Å²) < 4.78 is 85.2. The first kappa shape index (κ1) is 29.4. The average molecular weight is 547 g/mol. The van der Waals surface area contributed by atoms with Crippen LogP contribution >= 0.6 is 0 Å². The lowest BCUT2D eigenvalue weighted by atomic mass is 9.90. The van der Waals surface area contributed by atoms with Gasteiger partial charge in [0.2, 0.25) is 0 Å². The molecule has 0 saturated carbocycles. The van der Waals surface area contributed by atoms with Gasteiger partial charge in [-0.1, -0.05) is 30.3 Å². The molecule has 0 aliphatic carbocycles. The zero-order valence-corrected chi connectivity index (χ0v) is 20.5. The fraction of sp³-hybridized carbons (Fsp3) is 0.462. The van der Waals surface area contributed by atoms with Crippen LogP contribution in [0.15, 0.2) is 48.5 Å². The Labute approximate surface area is 215 Å². The molecule has 2 aromatic carbocycles. The van der Waals surface area contributed by atoms with Gasteiger partial charge >= 0.3 is 18.3 Å². The molecule has 6 nitrogen and oxygen atoms in total. The topological polar surface area (TPSA) is 78.9 Å². The first-order valence-corrected chi connectivity index (χ1v) is 11.9. The van der Waals surface area contributed by atoms with Crippen molar-refractivity contribution in [1.29, 1.82) is 0 Å². The number of ether oxygens (including phenoxy) is 1. The smallest absolute Gasteiger partial charge is 0.416 e. The molecule has 2 aromatic rings. The summed E-state index contributed by atoms with van der Waals surface area (Å²) in [6.07, 6.45) is -9.17. The number of nitrogens with zero attached hydrogens (tertiary/aromatic N) is 1. The van der Waals surface area contributed by atoms with E-state index in [0.717, 1.165) is 5.56 Å². The SMILES string of the molecule is COCC[C@@H](N[C@H]1CCN(C(=O)c2cc(C(F)(F)F)cc(C(F)(F)F)c2)C(Cc2ccccc2)C1)C(=O)O. The number of rotatable bonds is 9. The third-order valence-electron chi connectivity index (χ3n) is 6.47. The van der Waals surface area contributed by atoms with Crippen molar-refractivity contribution in [3.63, 3.8) is 0 Å². The molecule has 12 heteroatoms. The summed E-state index contributed by atoms with van der Waals surface area (Å²) in [5, 5.41) is 12.6. The molecule has 208 valence electrons. The number of hydrogen-bond acceptors (Lipinski definition) is 4. The molecular formula is C26H28F6N2O4. The number of halogens is 6. The number of nitrogens with one attached hydrogen (secondary N) is 1. The second kappa shape index (κ2) is 12.2. The van der Waals surface area contributed by atoms with E-state index in [2.05, 4.69) is 5.32 Å². The van der Waals surface area contributed by atoms with Crippen LogP contribution in [0.1, 0.15) is 46.3 Å². The van der Waals surface area contributed by atoms with Crippen LogP contribution < -0.4 is 5.32 Å². The zero-order chi connectivity index (χ0) is 28.1. The summed E-state index contributed by atoms with van der Waals surface area (Å²) in [5.74, 6) is -2.03. The minimum Gasteiger partial charge on any atom is -0.480 e. The summed E-state index contributed by atoms with van der Waals surface area (Å²) in [5.41, 5.74) is -3.02. The number of benzene rings is 2. The molecule has 3 rings (SSSR count). The van der Waals surface area contributed by atoms with Crippen LogP contribution in [0.3, 0.4) is 0 Å². The van der Waals surface area contributed by atoms with Crippen molar-refractivity contribution in [2.24, 2.45) is 0 Å². The zero-order valence-electron chi connectivity index (χ0n) is 20.5. The molecule has 1 saturated heterocycles. The fourth-order valence-corrected chi connectivity index (χ4v) is 4.59. The molecule has 3 atom stereocenters. The summed E-state index contributed by atoms with van der Waals surface area (Å²) in [6.45, 7) is 0.216. The van der Waals surface area contributed by atoms with E-state index in [1.165, 1.54) is 12.0 Å². The Hall–Kier alpha value is -3.12. The number of carboxylic acids is 1. The van der Waals surface area contributed by atoms with Gasteiger partial charge in [0, 0.05) is 37.9 Å². The molecular weight excluding hydrogens is 518 g/mol. The van der Waals surface area contributed by atoms with Crippen molar-refractivity contribution in [2.45, 2.75) is 56.2 Å². The standard InChI is InChI=1S/C26H28F6N2O4/c1-38-10-8-22(24(36)37)33-20-7-9-34(21(15-20)11-16-5-3-2-4-6-16)23(35)17-12-18(25(27,28)29)14-19(13-17)26(30,31)32/h2-6,12-14,20-22,33H,7-11,15H2,1H3,(H,36,37)/t20-,21?,22+/m0/s1. The van der Waals surface area contributed by atoms with Gasteiger partial charge in [0.25, 0.3) is 5.91 Å². The first-order valence-electron chi connectivity index (χ1n) is 11.9. The Morgan fingerprint density at radius 3 is 2.18 bits per heavy atom. The molecule has 0 radical (unpaired) electrons. The molecule has 0 bridgehead atoms. The van der Waals surface area contributed by atoms with E-state index in [-0.39, 0.29) is 50.9 Å². The summed E-state index contributed by atoms with van der Waals surface area (Å²) in [4.78, 5) is 26.3. The van der Waals surface area contributed by atoms with Gasteiger partial charge in [0.05, 0.1) is 11.1 Å². The molecule has 1 fully saturated rings. The number of carbonyl (C=O) groups is 2. The Kier molecular flexibility index (Phi) is 9.42. The van der Waals surface area contributed by atoms with Crippen LogP contribution in [0.5, 0.6) is 0 Å². The Bertz CT molecular complexity index is 1070. The number of methoxy groups -OCH3 is 1. The van der Waals surface area contributed by atoms with E-state index in [4.69, 9.17) is 4.74 Å². The number of aliphatic carboxylic acids is 1. The Morgan fingerprint density at radius 1 is 1.05 bits per heavy atom. The molecule has 1 aliphatic rings. The van der Waals surface area contributed by atoms with Gasteiger partial charge in [0.1, 0.15) is 6.04 Å². The van der Waals surface area contributed by atoms with Crippen LogP contribution in [0.25, 0.3) is 0 Å². The lowest BCUT2D eigenvalue weighted by Gasteiger charge is -2.41. The Balaban J connectivity index is 1.92. The first-order chi connectivity index (χ1) is 17.8. The highest BCUT2D eigenvalue weighted by atomic mass is 19.4. The highest BCUT2D eigenvalue weighted by Gasteiger charge is 2.39. The lowest BCUT2D eigenvalue weighted by molar-refractivity contribution is -0.143. The predicted molar refractivity (Wildman–Crippen MR) is 125 cm³/mol. The highest BCUT2D eigenvalue weighted by molar-refractivity contribution is 5.95. The maximum atomic E-state index is 13.4. The van der Waals surface area contributed by atoms with Gasteiger partial charge in [-0.15, -0.1) is 0 Å². The number of piperidine rings is 1. The van der Waals surface area contributed by atoms with Gasteiger partial charge in [-0.2, -0.15) is 26.3 Å². The molecule has 1 heterocycles. The van der Waals surface area contributed by atoms with Crippen LogP contribution in [0, 0.1) is 0 Å². The van der Waals surface area contributed by atoms with E-state index < -0.39 is 53.0 Å². The van der Waals surface area contributed by atoms with Gasteiger partial charge in [-0.3, -0.25) is 9.59 Å². The van der Waals surface area contributed by atoms with Crippen LogP contribution in [-0.4, -0.2) is 60.3 Å². The normalized spacial score (nSPS) is 19.3. The largest absolute Gasteiger partial charge is 0.480 e. The Morgan fingerprint density at radius 2 is 1.66 bits per heavy atom. The van der Waals surface area contributed by atoms with Gasteiger partial charge in [0.15, 0.2) is 0 Å². The molecule has 1 amide bonds. The van der Waals surface area contributed by atoms with Crippen molar-refractivity contribution in [3.8, 4) is 0 Å². The number of carbonyl (C=O) groups excluding carboxylic acids is 1. The monoisotopic (exact) mass is 546 g/mol. The average Bonchev–Trinajstić information content (AvgIpc) is 2.85. The van der Waals surface area contributed by atoms with Crippen LogP contribution in [0.2, 0.25) is 0 Å². The van der Waals surface area contributed by atoms with Gasteiger partial charge in [-0.25, -0.2) is 0 Å². The van der Waals surface area contributed by atoms with Crippen molar-refractivity contribution in [1.82, 2.24) is 10.2 Å². The van der Waals surface area contributed by atoms with Crippen LogP contribution in [-0.2, 0) is 28.3 Å². The highest BCUT2D eigenvalue weighted by Crippen LogP contribution is 2.37. The predicted octanol–water partition coefficient (Wildman–Crippen LogP) is 5.02. The number of alkyl halides is 6. The molecule has 0 spiro atoms. The number of hydrogen-bond donors (Lipinski definition) is 2. The molecule has 2 N–H and O–H groups in total. The number of amides is 1. The summed E-state index contributed by atoms with van der Waals surface area (Å²) in [7, 11) is 1.44. The van der Waals surface area contributed by atoms with Crippen LogP contribution in [0.4, 0.5) is 26.3 Å². The third kappa shape index (κ3) is 7.70. The molecule has 0 aromatic heterocycles. The minimum atomic E-state index is -5.08. The van der Waals surface area contributed by atoms with Crippen molar-refractivity contribution >= 4 is 11.9 Å². The molecule has 1 unspecified atom stereocenters. The molecule has 38 heavy (non-hydrogen) atoms. The summed E-state index contributed by atoms with van der Waals surface area (Å²) in [6, 6.07) is 7.91. The molecule has 1 aliphatic heterocycles. The summed E-state index contributed by atoms with van der Waals surface area (Å²) >= 11 is 0. The third-order valence-corrected chi connectivity index (χ3v) is 6.47. The lowest BCUT2D eigenvalue weighted by Crippen LogP contribution is -2.54. The van der Waals surface area contributed by atoms with E-state index in [9.17, 15) is 41.0 Å². The quantitative estimate of drug-likeness (QED) is 0.432.